The van der Waals surface area contributed by atoms with Crippen LogP contribution in [-0.2, 0) is 11.3 Å². The van der Waals surface area contributed by atoms with Crippen LogP contribution in [-0.4, -0.2) is 27.1 Å². The molecule has 0 aliphatic heterocycles. The zero-order valence-electron chi connectivity index (χ0n) is 17.1. The molecule has 1 atom stereocenters. The number of benzene rings is 1. The van der Waals surface area contributed by atoms with Crippen molar-refractivity contribution in [3.63, 3.8) is 0 Å². The maximum atomic E-state index is 12.7. The van der Waals surface area contributed by atoms with Gasteiger partial charge in [0, 0.05) is 18.0 Å². The minimum absolute atomic E-state index is 0.00610. The molecule has 0 saturated heterocycles. The highest BCUT2D eigenvalue weighted by Crippen LogP contribution is 2.21. The van der Waals surface area contributed by atoms with Gasteiger partial charge in [0.05, 0.1) is 6.54 Å². The highest BCUT2D eigenvalue weighted by Gasteiger charge is 2.25. The minimum atomic E-state index is -0.624. The molecule has 1 aromatic carbocycles. The van der Waals surface area contributed by atoms with Crippen LogP contribution in [0.3, 0.4) is 0 Å². The average molecular weight is 394 g/mol. The predicted octanol–water partition coefficient (Wildman–Crippen LogP) is 3.97. The molecule has 0 saturated carbocycles. The third-order valence-corrected chi connectivity index (χ3v) is 4.48. The number of carbonyl (C=O) groups excluding carboxylic acids is 1. The van der Waals surface area contributed by atoms with Crippen LogP contribution in [0, 0.1) is 5.92 Å². The van der Waals surface area contributed by atoms with E-state index in [-0.39, 0.29) is 18.4 Å². The van der Waals surface area contributed by atoms with Gasteiger partial charge in [0.1, 0.15) is 5.75 Å². The molecule has 0 spiro atoms. The lowest BCUT2D eigenvalue weighted by Gasteiger charge is -2.21. The summed E-state index contributed by atoms with van der Waals surface area (Å²) in [6.45, 7) is 8.29. The first-order valence-electron chi connectivity index (χ1n) is 9.71. The van der Waals surface area contributed by atoms with Gasteiger partial charge in [0.15, 0.2) is 6.10 Å². The average Bonchev–Trinajstić information content (AvgIpc) is 3.20. The third kappa shape index (κ3) is 5.40. The van der Waals surface area contributed by atoms with E-state index in [1.54, 1.807) is 18.5 Å². The standard InChI is InChI=1S/C22H26N4O3/c1-14(2)16-7-9-18(10-8-16)28-20(15(3)4)22(27)24-13-19-25-21(26-29-19)17-6-5-11-23-12-17/h5-12,14-15,20H,13H2,1-4H3,(H,24,27). The van der Waals surface area contributed by atoms with Gasteiger partial charge >= 0.3 is 0 Å². The lowest BCUT2D eigenvalue weighted by atomic mass is 10.0. The van der Waals surface area contributed by atoms with Crippen molar-refractivity contribution in [1.82, 2.24) is 20.4 Å². The molecule has 0 fully saturated rings. The monoisotopic (exact) mass is 394 g/mol. The molecule has 0 aliphatic rings. The third-order valence-electron chi connectivity index (χ3n) is 4.48. The van der Waals surface area contributed by atoms with Crippen molar-refractivity contribution in [3.05, 3.63) is 60.2 Å². The summed E-state index contributed by atoms with van der Waals surface area (Å²) in [6, 6.07) is 11.5. The minimum Gasteiger partial charge on any atom is -0.480 e. The Morgan fingerprint density at radius 2 is 1.90 bits per heavy atom. The molecule has 29 heavy (non-hydrogen) atoms. The van der Waals surface area contributed by atoms with Gasteiger partial charge < -0.3 is 14.6 Å². The summed E-state index contributed by atoms with van der Waals surface area (Å²) in [7, 11) is 0. The number of carbonyl (C=O) groups is 1. The molecule has 7 nitrogen and oxygen atoms in total. The number of amides is 1. The number of nitrogens with zero attached hydrogens (tertiary/aromatic N) is 3. The van der Waals surface area contributed by atoms with Crippen molar-refractivity contribution >= 4 is 5.91 Å². The van der Waals surface area contributed by atoms with Crippen LogP contribution < -0.4 is 10.1 Å². The van der Waals surface area contributed by atoms with E-state index in [1.165, 1.54) is 5.56 Å². The molecule has 1 N–H and O–H groups in total. The molecule has 2 aromatic heterocycles. The molecular weight excluding hydrogens is 368 g/mol. The number of hydrogen-bond donors (Lipinski definition) is 1. The predicted molar refractivity (Wildman–Crippen MR) is 109 cm³/mol. The second-order valence-electron chi connectivity index (χ2n) is 7.48. The van der Waals surface area contributed by atoms with Gasteiger partial charge in [-0.25, -0.2) is 0 Å². The van der Waals surface area contributed by atoms with E-state index in [4.69, 9.17) is 9.26 Å². The Labute approximate surface area is 170 Å². The van der Waals surface area contributed by atoms with Gasteiger partial charge in [0.25, 0.3) is 5.91 Å². The van der Waals surface area contributed by atoms with Crippen molar-refractivity contribution < 1.29 is 14.1 Å². The van der Waals surface area contributed by atoms with E-state index >= 15 is 0 Å². The number of rotatable bonds is 8. The molecule has 0 aliphatic carbocycles. The lowest BCUT2D eigenvalue weighted by Crippen LogP contribution is -2.41. The van der Waals surface area contributed by atoms with E-state index in [0.29, 0.717) is 23.4 Å². The number of hydrogen-bond acceptors (Lipinski definition) is 6. The quantitative estimate of drug-likeness (QED) is 0.622. The fraction of sp³-hybridized carbons (Fsp3) is 0.364. The second kappa shape index (κ2) is 9.32. The van der Waals surface area contributed by atoms with Crippen LogP contribution in [0.25, 0.3) is 11.4 Å². The van der Waals surface area contributed by atoms with Gasteiger partial charge in [-0.2, -0.15) is 4.98 Å². The maximum absolute atomic E-state index is 12.7. The summed E-state index contributed by atoms with van der Waals surface area (Å²) >= 11 is 0. The van der Waals surface area contributed by atoms with Crippen LogP contribution in [0.1, 0.15) is 45.1 Å². The van der Waals surface area contributed by atoms with Crippen LogP contribution in [0.2, 0.25) is 0 Å². The zero-order valence-corrected chi connectivity index (χ0v) is 17.1. The van der Waals surface area contributed by atoms with Crippen molar-refractivity contribution in [1.29, 1.82) is 0 Å². The topological polar surface area (TPSA) is 90.1 Å². The molecule has 1 amide bonds. The number of aromatic nitrogens is 3. The second-order valence-corrected chi connectivity index (χ2v) is 7.48. The Kier molecular flexibility index (Phi) is 6.59. The normalized spacial score (nSPS) is 12.2. The molecule has 152 valence electrons. The first kappa shape index (κ1) is 20.5. The summed E-state index contributed by atoms with van der Waals surface area (Å²) in [6.07, 6.45) is 2.70. The van der Waals surface area contributed by atoms with E-state index < -0.39 is 6.10 Å². The lowest BCUT2D eigenvalue weighted by molar-refractivity contribution is -0.130. The molecule has 3 aromatic rings. The molecule has 1 unspecified atom stereocenters. The van der Waals surface area contributed by atoms with Crippen LogP contribution in [0.5, 0.6) is 5.75 Å². The zero-order chi connectivity index (χ0) is 20.8. The van der Waals surface area contributed by atoms with Crippen molar-refractivity contribution in [2.24, 2.45) is 5.92 Å². The van der Waals surface area contributed by atoms with Gasteiger partial charge in [-0.1, -0.05) is 45.0 Å². The Bertz CT molecular complexity index is 921. The molecule has 3 rings (SSSR count). The summed E-state index contributed by atoms with van der Waals surface area (Å²) in [5, 5.41) is 6.75. The first-order chi connectivity index (χ1) is 13.9. The molecule has 0 radical (unpaired) electrons. The van der Waals surface area contributed by atoms with Gasteiger partial charge in [-0.05, 0) is 41.7 Å². The first-order valence-corrected chi connectivity index (χ1v) is 9.71. The number of pyridine rings is 1. The van der Waals surface area contributed by atoms with E-state index in [9.17, 15) is 4.79 Å². The van der Waals surface area contributed by atoms with Crippen LogP contribution in [0.15, 0.2) is 53.3 Å². The Balaban J connectivity index is 1.60. The van der Waals surface area contributed by atoms with Gasteiger partial charge in [0.2, 0.25) is 11.7 Å². The summed E-state index contributed by atoms with van der Waals surface area (Å²) in [5.41, 5.74) is 1.98. The van der Waals surface area contributed by atoms with Crippen LogP contribution >= 0.6 is 0 Å². The Morgan fingerprint density at radius 1 is 1.14 bits per heavy atom. The molecular formula is C22H26N4O3. The van der Waals surface area contributed by atoms with Crippen LogP contribution in [0.4, 0.5) is 0 Å². The summed E-state index contributed by atoms with van der Waals surface area (Å²) < 4.78 is 11.2. The van der Waals surface area contributed by atoms with E-state index in [2.05, 4.69) is 34.3 Å². The SMILES string of the molecule is CC(C)c1ccc(OC(C(=O)NCc2nc(-c3cccnc3)no2)C(C)C)cc1. The summed E-state index contributed by atoms with van der Waals surface area (Å²) in [5.74, 6) is 1.63. The molecule has 0 bridgehead atoms. The Morgan fingerprint density at radius 3 is 2.52 bits per heavy atom. The fourth-order valence-corrected chi connectivity index (χ4v) is 2.77. The number of ether oxygens (including phenoxy) is 1. The Hall–Kier alpha value is -3.22. The van der Waals surface area contributed by atoms with E-state index in [0.717, 1.165) is 5.56 Å². The van der Waals surface area contributed by atoms with Gasteiger partial charge in [-0.15, -0.1) is 0 Å². The van der Waals surface area contributed by atoms with Gasteiger partial charge in [-0.3, -0.25) is 9.78 Å². The number of nitrogens with one attached hydrogen (secondary N) is 1. The van der Waals surface area contributed by atoms with Crippen molar-refractivity contribution in [3.8, 4) is 17.1 Å². The largest absolute Gasteiger partial charge is 0.480 e. The maximum Gasteiger partial charge on any atom is 0.261 e. The van der Waals surface area contributed by atoms with Crippen molar-refractivity contribution in [2.75, 3.05) is 0 Å². The summed E-state index contributed by atoms with van der Waals surface area (Å²) in [4.78, 5) is 21.0. The molecule has 7 heteroatoms. The van der Waals surface area contributed by atoms with E-state index in [1.807, 2.05) is 44.2 Å². The fourth-order valence-electron chi connectivity index (χ4n) is 2.77. The highest BCUT2D eigenvalue weighted by atomic mass is 16.5. The molecule has 2 heterocycles. The smallest absolute Gasteiger partial charge is 0.261 e. The van der Waals surface area contributed by atoms with Crippen molar-refractivity contribution in [2.45, 2.75) is 46.3 Å². The highest BCUT2D eigenvalue weighted by molar-refractivity contribution is 5.81.